The number of rotatable bonds is 6. The molecule has 1 aromatic heterocycles. The summed E-state index contributed by atoms with van der Waals surface area (Å²) in [5.41, 5.74) is 1.59. The molecule has 1 aromatic carbocycles. The lowest BCUT2D eigenvalue weighted by Gasteiger charge is -2.35. The number of para-hydroxylation sites is 2. The van der Waals surface area contributed by atoms with Crippen LogP contribution in [0.4, 0.5) is 10.6 Å². The number of hydrogen-bond donors (Lipinski definition) is 1. The first-order valence-electron chi connectivity index (χ1n) is 9.80. The Morgan fingerprint density at radius 1 is 1.27 bits per heavy atom. The summed E-state index contributed by atoms with van der Waals surface area (Å²) in [7, 11) is 0. The predicted octanol–water partition coefficient (Wildman–Crippen LogP) is 1.82. The average molecular weight is 408 g/mol. The van der Waals surface area contributed by atoms with Crippen LogP contribution in [0.2, 0.25) is 0 Å². The van der Waals surface area contributed by atoms with E-state index in [0.717, 1.165) is 0 Å². The van der Waals surface area contributed by atoms with E-state index >= 15 is 0 Å². The highest BCUT2D eigenvalue weighted by Crippen LogP contribution is 2.28. The zero-order valence-corrected chi connectivity index (χ0v) is 16.9. The molecule has 156 valence electrons. The number of carbonyl (C=O) groups excluding carboxylic acids is 2. The molecule has 3 rings (SSSR count). The second kappa shape index (κ2) is 9.69. The molecular weight excluding hydrogens is 384 g/mol. The largest absolute Gasteiger partial charge is 0.450 e. The number of carbonyl (C=O) groups is 2. The second-order valence-electron chi connectivity index (χ2n) is 6.69. The third-order valence-corrected chi connectivity index (χ3v) is 4.77. The second-order valence-corrected chi connectivity index (χ2v) is 6.69. The molecule has 0 bridgehead atoms. The van der Waals surface area contributed by atoms with Gasteiger partial charge >= 0.3 is 6.09 Å². The van der Waals surface area contributed by atoms with Crippen molar-refractivity contribution in [2.24, 2.45) is 0 Å². The number of anilines is 1. The summed E-state index contributed by atoms with van der Waals surface area (Å²) < 4.78 is 5.06. The molecule has 0 unspecified atom stereocenters. The SMILES string of the molecule is C=CCNC(=O)[C@@H](C#N)c1nc2ccccc2nc1N1CCN(C(=O)OCC)CC1. The topological polar surface area (TPSA) is 111 Å². The molecule has 0 aliphatic carbocycles. The summed E-state index contributed by atoms with van der Waals surface area (Å²) in [6, 6.07) is 9.38. The van der Waals surface area contributed by atoms with Crippen molar-refractivity contribution in [2.45, 2.75) is 12.8 Å². The van der Waals surface area contributed by atoms with Gasteiger partial charge in [-0.2, -0.15) is 5.26 Å². The first kappa shape index (κ1) is 21.0. The third-order valence-electron chi connectivity index (χ3n) is 4.77. The van der Waals surface area contributed by atoms with E-state index in [-0.39, 0.29) is 12.6 Å². The van der Waals surface area contributed by atoms with Gasteiger partial charge in [0.05, 0.1) is 23.7 Å². The minimum Gasteiger partial charge on any atom is -0.450 e. The van der Waals surface area contributed by atoms with Crippen LogP contribution in [0.3, 0.4) is 0 Å². The quantitative estimate of drug-likeness (QED) is 0.726. The summed E-state index contributed by atoms with van der Waals surface area (Å²) in [5.74, 6) is -1.08. The molecule has 9 nitrogen and oxygen atoms in total. The molecule has 1 saturated heterocycles. The van der Waals surface area contributed by atoms with Gasteiger partial charge in [0.25, 0.3) is 0 Å². The predicted molar refractivity (Wildman–Crippen MR) is 112 cm³/mol. The van der Waals surface area contributed by atoms with Crippen LogP contribution in [0.15, 0.2) is 36.9 Å². The van der Waals surface area contributed by atoms with Crippen LogP contribution in [0.5, 0.6) is 0 Å². The molecule has 1 fully saturated rings. The van der Waals surface area contributed by atoms with Gasteiger partial charge in [0.2, 0.25) is 5.91 Å². The molecule has 1 aliphatic rings. The lowest BCUT2D eigenvalue weighted by Crippen LogP contribution is -2.49. The van der Waals surface area contributed by atoms with E-state index in [1.54, 1.807) is 24.0 Å². The number of ether oxygens (including phenoxy) is 1. The van der Waals surface area contributed by atoms with Gasteiger partial charge in [-0.25, -0.2) is 14.8 Å². The normalized spacial score (nSPS) is 14.7. The Kier molecular flexibility index (Phi) is 6.80. The Morgan fingerprint density at radius 3 is 2.53 bits per heavy atom. The van der Waals surface area contributed by atoms with Crippen LogP contribution in [0.25, 0.3) is 11.0 Å². The number of fused-ring (bicyclic) bond motifs is 1. The van der Waals surface area contributed by atoms with Crippen molar-refractivity contribution >= 4 is 28.9 Å². The van der Waals surface area contributed by atoms with Crippen molar-refractivity contribution in [2.75, 3.05) is 44.2 Å². The fourth-order valence-corrected chi connectivity index (χ4v) is 3.27. The Bertz CT molecular complexity index is 978. The number of nitrogens with zero attached hydrogens (tertiary/aromatic N) is 5. The Hall–Kier alpha value is -3.67. The zero-order chi connectivity index (χ0) is 21.5. The molecule has 30 heavy (non-hydrogen) atoms. The highest BCUT2D eigenvalue weighted by Gasteiger charge is 2.31. The van der Waals surface area contributed by atoms with E-state index in [1.165, 1.54) is 0 Å². The van der Waals surface area contributed by atoms with Crippen LogP contribution in [-0.4, -0.2) is 66.2 Å². The van der Waals surface area contributed by atoms with Gasteiger partial charge in [0, 0.05) is 32.7 Å². The van der Waals surface area contributed by atoms with Crippen LogP contribution in [0.1, 0.15) is 18.5 Å². The van der Waals surface area contributed by atoms with E-state index in [4.69, 9.17) is 9.72 Å². The van der Waals surface area contributed by atoms with Gasteiger partial charge < -0.3 is 19.9 Å². The summed E-state index contributed by atoms with van der Waals surface area (Å²) in [4.78, 5) is 37.5. The number of benzene rings is 1. The summed E-state index contributed by atoms with van der Waals surface area (Å²) in [6.45, 7) is 7.81. The van der Waals surface area contributed by atoms with Gasteiger partial charge in [0.1, 0.15) is 5.69 Å². The molecule has 2 aromatic rings. The third kappa shape index (κ3) is 4.49. The number of aromatic nitrogens is 2. The number of amides is 2. The lowest BCUT2D eigenvalue weighted by molar-refractivity contribution is -0.121. The molecule has 1 N–H and O–H groups in total. The van der Waals surface area contributed by atoms with Crippen molar-refractivity contribution in [3.63, 3.8) is 0 Å². The van der Waals surface area contributed by atoms with Crippen LogP contribution >= 0.6 is 0 Å². The number of piperazine rings is 1. The Morgan fingerprint density at radius 2 is 1.93 bits per heavy atom. The maximum absolute atomic E-state index is 12.6. The molecule has 2 heterocycles. The summed E-state index contributed by atoms with van der Waals surface area (Å²) >= 11 is 0. The summed E-state index contributed by atoms with van der Waals surface area (Å²) in [6.07, 6.45) is 1.20. The molecule has 9 heteroatoms. The van der Waals surface area contributed by atoms with Gasteiger partial charge in [-0.1, -0.05) is 18.2 Å². The van der Waals surface area contributed by atoms with E-state index < -0.39 is 11.8 Å². The fraction of sp³-hybridized carbons (Fsp3) is 0.381. The molecule has 1 aliphatic heterocycles. The Labute approximate surface area is 174 Å². The van der Waals surface area contributed by atoms with E-state index in [2.05, 4.69) is 22.9 Å². The van der Waals surface area contributed by atoms with Gasteiger partial charge in [-0.3, -0.25) is 4.79 Å². The highest BCUT2D eigenvalue weighted by atomic mass is 16.6. The minimum atomic E-state index is -1.11. The van der Waals surface area contributed by atoms with Crippen molar-refractivity contribution < 1.29 is 14.3 Å². The highest BCUT2D eigenvalue weighted by molar-refractivity contribution is 5.89. The van der Waals surface area contributed by atoms with Gasteiger partial charge in [0.15, 0.2) is 11.7 Å². The molecular formula is C21H24N6O3. The maximum atomic E-state index is 12.6. The molecule has 0 radical (unpaired) electrons. The van der Waals surface area contributed by atoms with Crippen molar-refractivity contribution in [1.29, 1.82) is 5.26 Å². The standard InChI is InChI=1S/C21H24N6O3/c1-3-9-23-20(28)15(14-22)18-19(25-17-8-6-5-7-16(17)24-18)26-10-12-27(13-11-26)21(29)30-4-2/h3,5-8,15H,1,4,9-13H2,2H3,(H,23,28)/t15-/m0/s1. The average Bonchev–Trinajstić information content (AvgIpc) is 2.78. The Balaban J connectivity index is 1.94. The number of hydrogen-bond acceptors (Lipinski definition) is 7. The maximum Gasteiger partial charge on any atom is 0.409 e. The smallest absolute Gasteiger partial charge is 0.409 e. The first-order chi connectivity index (χ1) is 14.6. The van der Waals surface area contributed by atoms with Gasteiger partial charge in [-0.05, 0) is 19.1 Å². The first-order valence-corrected chi connectivity index (χ1v) is 9.80. The van der Waals surface area contributed by atoms with Crippen LogP contribution in [0, 0.1) is 11.3 Å². The monoisotopic (exact) mass is 408 g/mol. The van der Waals surface area contributed by atoms with Crippen molar-refractivity contribution in [3.8, 4) is 6.07 Å². The van der Waals surface area contributed by atoms with Crippen LogP contribution in [-0.2, 0) is 9.53 Å². The van der Waals surface area contributed by atoms with Gasteiger partial charge in [-0.15, -0.1) is 6.58 Å². The lowest BCUT2D eigenvalue weighted by atomic mass is 10.0. The number of nitriles is 1. The van der Waals surface area contributed by atoms with Crippen LogP contribution < -0.4 is 10.2 Å². The molecule has 0 spiro atoms. The number of nitrogens with one attached hydrogen (secondary N) is 1. The minimum absolute atomic E-state index is 0.256. The summed E-state index contributed by atoms with van der Waals surface area (Å²) in [5, 5.41) is 12.4. The molecule has 2 amide bonds. The zero-order valence-electron chi connectivity index (χ0n) is 16.9. The fourth-order valence-electron chi connectivity index (χ4n) is 3.27. The van der Waals surface area contributed by atoms with Crippen molar-refractivity contribution in [3.05, 3.63) is 42.6 Å². The molecule has 0 saturated carbocycles. The van der Waals surface area contributed by atoms with E-state index in [9.17, 15) is 14.9 Å². The van der Waals surface area contributed by atoms with E-state index in [1.807, 2.05) is 23.1 Å². The molecule has 1 atom stereocenters. The van der Waals surface area contributed by atoms with Crippen molar-refractivity contribution in [1.82, 2.24) is 20.2 Å². The van der Waals surface area contributed by atoms with E-state index in [0.29, 0.717) is 55.3 Å².